The number of carbonyl (C=O) groups excluding carboxylic acids is 1. The van der Waals surface area contributed by atoms with E-state index in [0.717, 1.165) is 0 Å². The molecule has 0 aliphatic heterocycles. The Kier molecular flexibility index (Phi) is 4.90. The lowest BCUT2D eigenvalue weighted by Crippen LogP contribution is -2.17. The van der Waals surface area contributed by atoms with Crippen molar-refractivity contribution in [3.05, 3.63) is 69.6 Å². The Bertz CT molecular complexity index is 990. The Labute approximate surface area is 154 Å². The lowest BCUT2D eigenvalue weighted by molar-refractivity contribution is 0.0953. The first-order valence-electron chi connectivity index (χ1n) is 7.78. The molecule has 3 aromatic rings. The van der Waals surface area contributed by atoms with Gasteiger partial charge in [-0.1, -0.05) is 11.6 Å². The first-order valence-corrected chi connectivity index (χ1v) is 8.16. The van der Waals surface area contributed by atoms with Gasteiger partial charge in [0.2, 0.25) is 0 Å². The van der Waals surface area contributed by atoms with Gasteiger partial charge in [-0.05, 0) is 51.1 Å². The number of hydrazone groups is 1. The van der Waals surface area contributed by atoms with Gasteiger partial charge < -0.3 is 4.42 Å². The summed E-state index contributed by atoms with van der Waals surface area (Å²) in [6.07, 6.45) is 1.42. The fraction of sp³-hybridized carbons (Fsp3) is 0.167. The zero-order chi connectivity index (χ0) is 18.8. The van der Waals surface area contributed by atoms with E-state index in [4.69, 9.17) is 16.0 Å². The molecule has 134 valence electrons. The lowest BCUT2D eigenvalue weighted by atomic mass is 10.2. The summed E-state index contributed by atoms with van der Waals surface area (Å²) in [5, 5.41) is 8.58. The van der Waals surface area contributed by atoms with Crippen LogP contribution in [0.15, 0.2) is 39.9 Å². The predicted molar refractivity (Wildman–Crippen MR) is 96.5 cm³/mol. The summed E-state index contributed by atoms with van der Waals surface area (Å²) in [4.78, 5) is 12.1. The van der Waals surface area contributed by atoms with Crippen molar-refractivity contribution in [3.63, 3.8) is 0 Å². The van der Waals surface area contributed by atoms with Crippen LogP contribution in [0.1, 0.15) is 33.1 Å². The number of carbonyl (C=O) groups is 1. The Morgan fingerprint density at radius 3 is 2.62 bits per heavy atom. The normalized spacial score (nSPS) is 11.3. The Hall–Kier alpha value is -2.93. The van der Waals surface area contributed by atoms with Crippen LogP contribution < -0.4 is 5.43 Å². The van der Waals surface area contributed by atoms with Gasteiger partial charge in [-0.25, -0.2) is 14.5 Å². The van der Waals surface area contributed by atoms with Crippen LogP contribution in [0.3, 0.4) is 0 Å². The molecule has 6 nitrogen and oxygen atoms in total. The quantitative estimate of drug-likeness (QED) is 0.555. The molecule has 0 unspecified atom stereocenters. The van der Waals surface area contributed by atoms with Gasteiger partial charge in [0.05, 0.1) is 28.7 Å². The largest absolute Gasteiger partial charge is 0.466 e. The molecule has 1 amide bonds. The van der Waals surface area contributed by atoms with Crippen LogP contribution in [0.2, 0.25) is 5.15 Å². The molecular formula is C18H16ClFN4O2. The highest BCUT2D eigenvalue weighted by Crippen LogP contribution is 2.22. The van der Waals surface area contributed by atoms with Crippen molar-refractivity contribution in [2.75, 3.05) is 0 Å². The molecular weight excluding hydrogens is 359 g/mol. The van der Waals surface area contributed by atoms with E-state index in [2.05, 4.69) is 15.6 Å². The molecule has 2 heterocycles. The average molecular weight is 375 g/mol. The molecule has 0 saturated heterocycles. The highest BCUT2D eigenvalue weighted by Gasteiger charge is 2.15. The molecule has 2 aromatic heterocycles. The monoisotopic (exact) mass is 374 g/mol. The van der Waals surface area contributed by atoms with Crippen LogP contribution >= 0.6 is 11.6 Å². The molecule has 0 atom stereocenters. The summed E-state index contributed by atoms with van der Waals surface area (Å²) >= 11 is 6.35. The van der Waals surface area contributed by atoms with Gasteiger partial charge in [-0.3, -0.25) is 4.79 Å². The van der Waals surface area contributed by atoms with Crippen LogP contribution in [0.4, 0.5) is 4.39 Å². The summed E-state index contributed by atoms with van der Waals surface area (Å²) in [6, 6.07) is 7.43. The SMILES string of the molecule is Cc1cc(C(=O)NN=Cc2c(C)nn(-c3ccc(F)cc3)c2Cl)c(C)o1. The molecule has 8 heteroatoms. The van der Waals surface area contributed by atoms with Crippen molar-refractivity contribution in [1.82, 2.24) is 15.2 Å². The van der Waals surface area contributed by atoms with Crippen LogP contribution in [0.5, 0.6) is 0 Å². The number of aryl methyl sites for hydroxylation is 3. The number of halogens is 2. The summed E-state index contributed by atoms with van der Waals surface area (Å²) in [7, 11) is 0. The summed E-state index contributed by atoms with van der Waals surface area (Å²) in [6.45, 7) is 5.23. The Balaban J connectivity index is 1.80. The van der Waals surface area contributed by atoms with Crippen molar-refractivity contribution in [3.8, 4) is 5.69 Å². The number of hydrogen-bond acceptors (Lipinski definition) is 4. The summed E-state index contributed by atoms with van der Waals surface area (Å²) < 4.78 is 19.9. The van der Waals surface area contributed by atoms with E-state index in [9.17, 15) is 9.18 Å². The molecule has 3 rings (SSSR count). The Morgan fingerprint density at radius 2 is 2.00 bits per heavy atom. The maximum Gasteiger partial charge on any atom is 0.274 e. The minimum Gasteiger partial charge on any atom is -0.466 e. The molecule has 0 spiro atoms. The van der Waals surface area contributed by atoms with E-state index < -0.39 is 0 Å². The second-order valence-corrected chi connectivity index (χ2v) is 6.06. The van der Waals surface area contributed by atoms with Crippen molar-refractivity contribution >= 4 is 23.7 Å². The third-order valence-corrected chi connectivity index (χ3v) is 4.13. The van der Waals surface area contributed by atoms with Crippen molar-refractivity contribution in [2.45, 2.75) is 20.8 Å². The number of nitrogens with zero attached hydrogens (tertiary/aromatic N) is 3. The number of furan rings is 1. The highest BCUT2D eigenvalue weighted by atomic mass is 35.5. The van der Waals surface area contributed by atoms with Gasteiger partial charge >= 0.3 is 0 Å². The highest BCUT2D eigenvalue weighted by molar-refractivity contribution is 6.32. The third kappa shape index (κ3) is 3.52. The smallest absolute Gasteiger partial charge is 0.274 e. The zero-order valence-corrected chi connectivity index (χ0v) is 15.1. The maximum atomic E-state index is 13.1. The molecule has 0 radical (unpaired) electrons. The average Bonchev–Trinajstić information content (AvgIpc) is 3.08. The second kappa shape index (κ2) is 7.13. The topological polar surface area (TPSA) is 72.4 Å². The van der Waals surface area contributed by atoms with Crippen molar-refractivity contribution < 1.29 is 13.6 Å². The summed E-state index contributed by atoms with van der Waals surface area (Å²) in [5.41, 5.74) is 4.65. The molecule has 0 aliphatic carbocycles. The standard InChI is InChI=1S/C18H16ClFN4O2/c1-10-8-15(12(3)26-10)18(25)22-21-9-16-11(2)23-24(17(16)19)14-6-4-13(20)5-7-14/h4-9H,1-3H3,(H,22,25). The fourth-order valence-electron chi connectivity index (χ4n) is 2.48. The van der Waals surface area contributed by atoms with E-state index in [1.54, 1.807) is 39.0 Å². The lowest BCUT2D eigenvalue weighted by Gasteiger charge is -2.02. The number of rotatable bonds is 4. The van der Waals surface area contributed by atoms with Gasteiger partial charge in [0, 0.05) is 0 Å². The van der Waals surface area contributed by atoms with Crippen LogP contribution in [0, 0.1) is 26.6 Å². The van der Waals surface area contributed by atoms with Gasteiger partial charge in [-0.15, -0.1) is 0 Å². The fourth-order valence-corrected chi connectivity index (χ4v) is 2.80. The number of hydrogen-bond donors (Lipinski definition) is 1. The number of amides is 1. The van der Waals surface area contributed by atoms with Crippen molar-refractivity contribution in [2.24, 2.45) is 5.10 Å². The second-order valence-electron chi connectivity index (χ2n) is 5.70. The van der Waals surface area contributed by atoms with Crippen LogP contribution in [0.25, 0.3) is 5.69 Å². The molecule has 1 N–H and O–H groups in total. The molecule has 0 fully saturated rings. The van der Waals surface area contributed by atoms with Gasteiger partial charge in [-0.2, -0.15) is 10.2 Å². The molecule has 0 bridgehead atoms. The predicted octanol–water partition coefficient (Wildman–Crippen LogP) is 3.95. The minimum absolute atomic E-state index is 0.308. The van der Waals surface area contributed by atoms with E-state index in [1.807, 2.05) is 0 Å². The van der Waals surface area contributed by atoms with Crippen LogP contribution in [-0.4, -0.2) is 21.9 Å². The number of benzene rings is 1. The molecule has 26 heavy (non-hydrogen) atoms. The zero-order valence-electron chi connectivity index (χ0n) is 14.4. The van der Waals surface area contributed by atoms with Gasteiger partial charge in [0.1, 0.15) is 22.5 Å². The summed E-state index contributed by atoms with van der Waals surface area (Å²) in [5.74, 6) is 0.447. The van der Waals surface area contributed by atoms with Gasteiger partial charge in [0.25, 0.3) is 5.91 Å². The Morgan fingerprint density at radius 1 is 1.31 bits per heavy atom. The molecule has 1 aromatic carbocycles. The van der Waals surface area contributed by atoms with E-state index >= 15 is 0 Å². The molecule has 0 saturated carbocycles. The first-order chi connectivity index (χ1) is 12.4. The van der Waals surface area contributed by atoms with E-state index in [0.29, 0.717) is 39.2 Å². The number of nitrogens with one attached hydrogen (secondary N) is 1. The maximum absolute atomic E-state index is 13.1. The van der Waals surface area contributed by atoms with E-state index in [1.165, 1.54) is 23.0 Å². The first kappa shape index (κ1) is 17.9. The number of aromatic nitrogens is 2. The van der Waals surface area contributed by atoms with Crippen molar-refractivity contribution in [1.29, 1.82) is 0 Å². The van der Waals surface area contributed by atoms with E-state index in [-0.39, 0.29) is 11.7 Å². The molecule has 0 aliphatic rings. The third-order valence-electron chi connectivity index (χ3n) is 3.76. The van der Waals surface area contributed by atoms with Gasteiger partial charge in [0.15, 0.2) is 0 Å². The van der Waals surface area contributed by atoms with Crippen LogP contribution in [-0.2, 0) is 0 Å². The minimum atomic E-state index is -0.379.